The van der Waals surface area contributed by atoms with E-state index in [0.29, 0.717) is 62.9 Å². The predicted octanol–water partition coefficient (Wildman–Crippen LogP) is 2.80. The van der Waals surface area contributed by atoms with Gasteiger partial charge in [0.2, 0.25) is 11.8 Å². The average molecular weight is 503 g/mol. The lowest BCUT2D eigenvalue weighted by atomic mass is 10.1. The lowest BCUT2D eigenvalue weighted by molar-refractivity contribution is -0.384. The summed E-state index contributed by atoms with van der Waals surface area (Å²) in [6.45, 7) is 2.91. The summed E-state index contributed by atoms with van der Waals surface area (Å²) in [6.07, 6.45) is 4.85. The third kappa shape index (κ3) is 5.33. The molecule has 5 rings (SSSR count). The number of morpholine rings is 1. The van der Waals surface area contributed by atoms with Crippen LogP contribution in [-0.2, 0) is 11.2 Å². The summed E-state index contributed by atoms with van der Waals surface area (Å²) in [7, 11) is 0. The second-order valence-electron chi connectivity index (χ2n) is 8.60. The molecule has 190 valence electrons. The number of aromatic nitrogens is 4. The van der Waals surface area contributed by atoms with Gasteiger partial charge in [-0.2, -0.15) is 0 Å². The third-order valence-corrected chi connectivity index (χ3v) is 6.17. The Kier molecular flexibility index (Phi) is 6.90. The van der Waals surface area contributed by atoms with Crippen LogP contribution in [0.3, 0.4) is 0 Å². The molecule has 37 heavy (non-hydrogen) atoms. The number of hydrogen-bond donors (Lipinski definition) is 2. The number of benzene rings is 1. The van der Waals surface area contributed by atoms with Crippen LogP contribution in [0.4, 0.5) is 17.5 Å². The van der Waals surface area contributed by atoms with Gasteiger partial charge in [-0.15, -0.1) is 0 Å². The van der Waals surface area contributed by atoms with Gasteiger partial charge in [0.1, 0.15) is 5.65 Å². The van der Waals surface area contributed by atoms with Crippen molar-refractivity contribution in [2.75, 3.05) is 43.9 Å². The molecule has 0 atom stereocenters. The fraction of sp³-hybridized carbons (Fsp3) is 0.280. The molecule has 1 aromatic carbocycles. The summed E-state index contributed by atoms with van der Waals surface area (Å²) in [4.78, 5) is 38.2. The molecule has 0 saturated carbocycles. The number of nitrogens with two attached hydrogens (primary N) is 1. The molecule has 1 saturated heterocycles. The van der Waals surface area contributed by atoms with Crippen molar-refractivity contribution in [2.45, 2.75) is 12.8 Å². The highest BCUT2D eigenvalue weighted by molar-refractivity contribution is 5.94. The maximum Gasteiger partial charge on any atom is 0.311 e. The minimum absolute atomic E-state index is 0.00172. The molecule has 12 nitrogen and oxygen atoms in total. The Labute approximate surface area is 212 Å². The second-order valence-corrected chi connectivity index (χ2v) is 8.60. The first-order chi connectivity index (χ1) is 18.0. The molecule has 0 bridgehead atoms. The van der Waals surface area contributed by atoms with Gasteiger partial charge < -0.3 is 20.7 Å². The first-order valence-corrected chi connectivity index (χ1v) is 11.9. The molecular formula is C25H26N8O4. The van der Waals surface area contributed by atoms with E-state index in [9.17, 15) is 14.9 Å². The number of hydrogen-bond acceptors (Lipinski definition) is 9. The van der Waals surface area contributed by atoms with Gasteiger partial charge in [-0.3, -0.25) is 19.3 Å². The van der Waals surface area contributed by atoms with Gasteiger partial charge in [0, 0.05) is 61.0 Å². The van der Waals surface area contributed by atoms with Crippen molar-refractivity contribution >= 4 is 29.0 Å². The molecular weight excluding hydrogens is 476 g/mol. The Morgan fingerprint density at radius 2 is 1.92 bits per heavy atom. The number of pyridine rings is 1. The van der Waals surface area contributed by atoms with Gasteiger partial charge in [0.05, 0.1) is 23.8 Å². The maximum absolute atomic E-state index is 12.7. The van der Waals surface area contributed by atoms with Crippen LogP contribution in [0.2, 0.25) is 0 Å². The van der Waals surface area contributed by atoms with Crippen molar-refractivity contribution in [3.63, 3.8) is 0 Å². The monoisotopic (exact) mass is 502 g/mol. The van der Waals surface area contributed by atoms with Crippen molar-refractivity contribution in [2.24, 2.45) is 0 Å². The van der Waals surface area contributed by atoms with Crippen molar-refractivity contribution < 1.29 is 14.5 Å². The van der Waals surface area contributed by atoms with Crippen molar-refractivity contribution in [1.82, 2.24) is 24.3 Å². The van der Waals surface area contributed by atoms with Crippen molar-refractivity contribution in [3.05, 3.63) is 76.2 Å². The standard InChI is InChI=1S/C25H26N8O4/c26-23-21(33(35)36)8-7-19(29-23)2-1-9-28-25-30-20(16-22-27-10-11-32(22)25)17-3-5-18(6-4-17)24(34)31-12-14-37-15-13-31/h3-8,10-11,16H,1-2,9,12-15H2,(H2,26,29)(H,28,30). The van der Waals surface area contributed by atoms with Crippen LogP contribution in [0.1, 0.15) is 22.5 Å². The van der Waals surface area contributed by atoms with Crippen LogP contribution in [-0.4, -0.2) is 67.9 Å². The Morgan fingerprint density at radius 1 is 1.14 bits per heavy atom. The largest absolute Gasteiger partial charge is 0.378 e. The van der Waals surface area contributed by atoms with Crippen LogP contribution in [0, 0.1) is 10.1 Å². The minimum Gasteiger partial charge on any atom is -0.378 e. The van der Waals surface area contributed by atoms with Gasteiger partial charge in [-0.25, -0.2) is 15.0 Å². The molecule has 3 N–H and O–H groups in total. The average Bonchev–Trinajstić information content (AvgIpc) is 3.40. The van der Waals surface area contributed by atoms with E-state index in [4.69, 9.17) is 15.5 Å². The number of anilines is 2. The molecule has 1 fully saturated rings. The summed E-state index contributed by atoms with van der Waals surface area (Å²) in [5.74, 6) is 0.551. The van der Waals surface area contributed by atoms with E-state index < -0.39 is 4.92 Å². The predicted molar refractivity (Wildman–Crippen MR) is 137 cm³/mol. The van der Waals surface area contributed by atoms with E-state index in [2.05, 4.69) is 15.3 Å². The second kappa shape index (κ2) is 10.6. The topological polar surface area (TPSA) is 154 Å². The molecule has 0 unspecified atom stereocenters. The number of fused-ring (bicyclic) bond motifs is 1. The lowest BCUT2D eigenvalue weighted by Crippen LogP contribution is -2.40. The van der Waals surface area contributed by atoms with Crippen LogP contribution in [0.15, 0.2) is 54.9 Å². The van der Waals surface area contributed by atoms with Gasteiger partial charge in [-0.05, 0) is 31.0 Å². The molecule has 0 aliphatic carbocycles. The lowest BCUT2D eigenvalue weighted by Gasteiger charge is -2.26. The molecule has 0 radical (unpaired) electrons. The van der Waals surface area contributed by atoms with Crippen LogP contribution in [0.5, 0.6) is 0 Å². The Bertz CT molecular complexity index is 1430. The summed E-state index contributed by atoms with van der Waals surface area (Å²) in [5, 5.41) is 14.3. The highest BCUT2D eigenvalue weighted by atomic mass is 16.6. The number of amides is 1. The maximum atomic E-state index is 12.7. The summed E-state index contributed by atoms with van der Waals surface area (Å²) >= 11 is 0. The fourth-order valence-corrected chi connectivity index (χ4v) is 4.20. The SMILES string of the molecule is Nc1nc(CCCNc2nc(-c3ccc(C(=O)N4CCOCC4)cc3)cc3nccn23)ccc1[N+](=O)[O-]. The molecule has 1 aliphatic rings. The number of imidazole rings is 1. The first-order valence-electron chi connectivity index (χ1n) is 11.9. The third-order valence-electron chi connectivity index (χ3n) is 6.17. The smallest absolute Gasteiger partial charge is 0.311 e. The van der Waals surface area contributed by atoms with E-state index in [1.54, 1.807) is 17.2 Å². The van der Waals surface area contributed by atoms with Crippen LogP contribution >= 0.6 is 0 Å². The molecule has 0 spiro atoms. The zero-order chi connectivity index (χ0) is 25.8. The fourth-order valence-electron chi connectivity index (χ4n) is 4.20. The highest BCUT2D eigenvalue weighted by Gasteiger charge is 2.19. The normalized spacial score (nSPS) is 13.6. The number of nitro groups is 1. The summed E-state index contributed by atoms with van der Waals surface area (Å²) < 4.78 is 7.19. The van der Waals surface area contributed by atoms with E-state index in [1.165, 1.54) is 6.07 Å². The summed E-state index contributed by atoms with van der Waals surface area (Å²) in [5.41, 5.74) is 9.16. The molecule has 3 aromatic heterocycles. The summed E-state index contributed by atoms with van der Waals surface area (Å²) in [6, 6.07) is 12.3. The van der Waals surface area contributed by atoms with Crippen LogP contribution in [0.25, 0.3) is 16.9 Å². The molecule has 4 aromatic rings. The molecule has 1 amide bonds. The number of rotatable bonds is 8. The van der Waals surface area contributed by atoms with Gasteiger partial charge in [0.25, 0.3) is 5.91 Å². The van der Waals surface area contributed by atoms with E-state index in [0.717, 1.165) is 16.9 Å². The molecule has 12 heteroatoms. The van der Waals surface area contributed by atoms with E-state index >= 15 is 0 Å². The van der Waals surface area contributed by atoms with Crippen molar-refractivity contribution in [1.29, 1.82) is 0 Å². The van der Waals surface area contributed by atoms with Gasteiger partial charge in [-0.1, -0.05) is 12.1 Å². The number of nitrogens with one attached hydrogen (secondary N) is 1. The number of aryl methyl sites for hydroxylation is 1. The molecule has 4 heterocycles. The number of nitrogens with zero attached hydrogens (tertiary/aromatic N) is 6. The minimum atomic E-state index is -0.543. The zero-order valence-corrected chi connectivity index (χ0v) is 20.0. The Balaban J connectivity index is 1.27. The van der Waals surface area contributed by atoms with Gasteiger partial charge in [0.15, 0.2) is 0 Å². The quantitative estimate of drug-likeness (QED) is 0.210. The Morgan fingerprint density at radius 3 is 2.65 bits per heavy atom. The highest BCUT2D eigenvalue weighted by Crippen LogP contribution is 2.23. The van der Waals surface area contributed by atoms with E-state index in [-0.39, 0.29) is 17.4 Å². The number of ether oxygens (including phenoxy) is 1. The number of carbonyl (C=O) groups excluding carboxylic acids is 1. The van der Waals surface area contributed by atoms with Crippen molar-refractivity contribution in [3.8, 4) is 11.3 Å². The van der Waals surface area contributed by atoms with Gasteiger partial charge >= 0.3 is 5.69 Å². The molecule has 1 aliphatic heterocycles. The number of nitrogen functional groups attached to an aromatic ring is 1. The Hall–Kier alpha value is -4.58. The first kappa shape index (κ1) is 24.1. The zero-order valence-electron chi connectivity index (χ0n) is 20.0. The van der Waals surface area contributed by atoms with E-state index in [1.807, 2.05) is 40.9 Å². The number of carbonyl (C=O) groups is 1. The van der Waals surface area contributed by atoms with Crippen LogP contribution < -0.4 is 11.1 Å².